The van der Waals surface area contributed by atoms with E-state index in [4.69, 9.17) is 4.74 Å². The third-order valence-electron chi connectivity index (χ3n) is 4.02. The minimum Gasteiger partial charge on any atom is -0.374 e. The molecule has 0 aromatic heterocycles. The highest BCUT2D eigenvalue weighted by Crippen LogP contribution is 2.28. The Morgan fingerprint density at radius 1 is 1.33 bits per heavy atom. The molecule has 1 fully saturated rings. The highest BCUT2D eigenvalue weighted by molar-refractivity contribution is 5.84. The van der Waals surface area contributed by atoms with Crippen LogP contribution in [0.15, 0.2) is 30.3 Å². The number of likely N-dealkylation sites (N-methyl/N-ethyl adjacent to an activating group) is 1. The van der Waals surface area contributed by atoms with Crippen molar-refractivity contribution in [1.29, 1.82) is 0 Å². The van der Waals surface area contributed by atoms with Crippen LogP contribution in [0.2, 0.25) is 0 Å². The first-order chi connectivity index (χ1) is 9.83. The Hall–Kier alpha value is -1.39. The summed E-state index contributed by atoms with van der Waals surface area (Å²) in [5, 5.41) is 0. The molecule has 4 heteroatoms. The molecule has 0 N–H and O–H groups in total. The second-order valence-electron chi connectivity index (χ2n) is 6.66. The van der Waals surface area contributed by atoms with Gasteiger partial charge in [-0.25, -0.2) is 0 Å². The molecule has 1 amide bonds. The Morgan fingerprint density at radius 3 is 2.52 bits per heavy atom. The molecule has 0 bridgehead atoms. The maximum Gasteiger partial charge on any atom is 0.245 e. The number of hydrogen-bond acceptors (Lipinski definition) is 3. The summed E-state index contributed by atoms with van der Waals surface area (Å²) in [6, 6.07) is 9.70. The van der Waals surface area contributed by atoms with Crippen molar-refractivity contribution in [2.75, 3.05) is 27.2 Å². The largest absolute Gasteiger partial charge is 0.374 e. The van der Waals surface area contributed by atoms with E-state index in [-0.39, 0.29) is 23.6 Å². The van der Waals surface area contributed by atoms with Gasteiger partial charge in [-0.3, -0.25) is 9.69 Å². The van der Waals surface area contributed by atoms with Crippen LogP contribution in [0.3, 0.4) is 0 Å². The average molecular weight is 290 g/mol. The molecule has 2 rings (SSSR count). The van der Waals surface area contributed by atoms with E-state index in [2.05, 4.69) is 13.8 Å². The molecular formula is C17H26N2O2. The van der Waals surface area contributed by atoms with E-state index in [1.165, 1.54) is 0 Å². The van der Waals surface area contributed by atoms with Gasteiger partial charge in [0.25, 0.3) is 0 Å². The lowest BCUT2D eigenvalue weighted by atomic mass is 9.97. The molecule has 0 aliphatic carbocycles. The topological polar surface area (TPSA) is 32.8 Å². The average Bonchev–Trinajstić information content (AvgIpc) is 2.42. The van der Waals surface area contributed by atoms with Crippen LogP contribution in [0.5, 0.6) is 0 Å². The summed E-state index contributed by atoms with van der Waals surface area (Å²) in [5.41, 5.74) is 0.759. The minimum atomic E-state index is -0.271. The molecule has 1 aliphatic heterocycles. The fourth-order valence-corrected chi connectivity index (χ4v) is 2.81. The quantitative estimate of drug-likeness (QED) is 0.856. The molecule has 1 aromatic rings. The van der Waals surface area contributed by atoms with Crippen molar-refractivity contribution in [1.82, 2.24) is 9.80 Å². The lowest BCUT2D eigenvalue weighted by molar-refractivity contribution is -0.157. The summed E-state index contributed by atoms with van der Waals surface area (Å²) in [7, 11) is 3.90. The number of nitrogens with zero attached hydrogens (tertiary/aromatic N) is 2. The van der Waals surface area contributed by atoms with E-state index >= 15 is 0 Å². The van der Waals surface area contributed by atoms with Gasteiger partial charge in [-0.2, -0.15) is 0 Å². The van der Waals surface area contributed by atoms with Gasteiger partial charge in [0.1, 0.15) is 6.04 Å². The monoisotopic (exact) mass is 290 g/mol. The molecular weight excluding hydrogens is 264 g/mol. The van der Waals surface area contributed by atoms with Crippen LogP contribution in [-0.4, -0.2) is 54.6 Å². The molecule has 2 atom stereocenters. The summed E-state index contributed by atoms with van der Waals surface area (Å²) in [6.45, 7) is 7.36. The predicted octanol–water partition coefficient (Wildman–Crippen LogP) is 2.32. The standard InChI is InChI=1S/C17H26N2O2/c1-13-11-19(17(2,3)12-21-13)16(20)15(18(4)5)14-9-7-6-8-10-14/h6-10,13,15H,11-12H2,1-5H3. The summed E-state index contributed by atoms with van der Waals surface area (Å²) >= 11 is 0. The van der Waals surface area contributed by atoms with Crippen LogP contribution in [0.1, 0.15) is 32.4 Å². The van der Waals surface area contributed by atoms with Gasteiger partial charge in [-0.15, -0.1) is 0 Å². The molecule has 1 saturated heterocycles. The van der Waals surface area contributed by atoms with Crippen LogP contribution >= 0.6 is 0 Å². The van der Waals surface area contributed by atoms with Gasteiger partial charge in [0, 0.05) is 6.54 Å². The van der Waals surface area contributed by atoms with E-state index in [9.17, 15) is 4.79 Å². The fourth-order valence-electron chi connectivity index (χ4n) is 2.81. The normalized spacial score (nSPS) is 23.1. The number of ether oxygens (including phenoxy) is 1. The van der Waals surface area contributed by atoms with Crippen molar-refractivity contribution in [3.05, 3.63) is 35.9 Å². The number of hydrogen-bond donors (Lipinski definition) is 0. The van der Waals surface area contributed by atoms with Gasteiger partial charge in [-0.1, -0.05) is 30.3 Å². The molecule has 2 unspecified atom stereocenters. The van der Waals surface area contributed by atoms with Gasteiger partial charge < -0.3 is 9.64 Å². The summed E-state index contributed by atoms with van der Waals surface area (Å²) in [6.07, 6.45) is 0.0839. The zero-order valence-electron chi connectivity index (χ0n) is 13.7. The summed E-state index contributed by atoms with van der Waals surface area (Å²) in [5.74, 6) is 0.145. The number of carbonyl (C=O) groups excluding carboxylic acids is 1. The van der Waals surface area contributed by atoms with Gasteiger partial charge in [0.05, 0.1) is 18.2 Å². The number of rotatable bonds is 3. The second kappa shape index (κ2) is 6.16. The first-order valence-electron chi connectivity index (χ1n) is 7.47. The molecule has 21 heavy (non-hydrogen) atoms. The highest BCUT2D eigenvalue weighted by Gasteiger charge is 2.40. The third kappa shape index (κ3) is 3.44. The molecule has 1 aliphatic rings. The van der Waals surface area contributed by atoms with Crippen molar-refractivity contribution in [3.8, 4) is 0 Å². The Kier molecular flexibility index (Phi) is 4.69. The van der Waals surface area contributed by atoms with Gasteiger partial charge in [-0.05, 0) is 40.4 Å². The lowest BCUT2D eigenvalue weighted by Gasteiger charge is -2.46. The maximum absolute atomic E-state index is 13.1. The molecule has 0 spiro atoms. The molecule has 0 radical (unpaired) electrons. The first kappa shape index (κ1) is 16.0. The van der Waals surface area contributed by atoms with Crippen molar-refractivity contribution < 1.29 is 9.53 Å². The first-order valence-corrected chi connectivity index (χ1v) is 7.47. The fraction of sp³-hybridized carbons (Fsp3) is 0.588. The Labute approximate surface area is 127 Å². The molecule has 116 valence electrons. The summed E-state index contributed by atoms with van der Waals surface area (Å²) in [4.78, 5) is 17.1. The zero-order chi connectivity index (χ0) is 15.6. The van der Waals surface area contributed by atoms with E-state index in [1.807, 2.05) is 61.2 Å². The lowest BCUT2D eigenvalue weighted by Crippen LogP contribution is -2.59. The number of carbonyl (C=O) groups is 1. The number of morpholine rings is 1. The van der Waals surface area contributed by atoms with Crippen LogP contribution in [-0.2, 0) is 9.53 Å². The SMILES string of the molecule is CC1CN(C(=O)C(c2ccccc2)N(C)C)C(C)(C)CO1. The Bertz CT molecular complexity index is 485. The minimum absolute atomic E-state index is 0.0839. The third-order valence-corrected chi connectivity index (χ3v) is 4.02. The molecule has 0 saturated carbocycles. The Morgan fingerprint density at radius 2 is 1.95 bits per heavy atom. The Balaban J connectivity index is 2.30. The molecule has 1 aromatic carbocycles. The van der Waals surface area contributed by atoms with Gasteiger partial charge >= 0.3 is 0 Å². The summed E-state index contributed by atoms with van der Waals surface area (Å²) < 4.78 is 5.71. The van der Waals surface area contributed by atoms with Crippen LogP contribution < -0.4 is 0 Å². The van der Waals surface area contributed by atoms with E-state index < -0.39 is 0 Å². The molecule has 4 nitrogen and oxygen atoms in total. The number of amides is 1. The van der Waals surface area contributed by atoms with Crippen molar-refractivity contribution in [3.63, 3.8) is 0 Å². The van der Waals surface area contributed by atoms with Crippen LogP contribution in [0.4, 0.5) is 0 Å². The van der Waals surface area contributed by atoms with Gasteiger partial charge in [0.2, 0.25) is 5.91 Å². The zero-order valence-corrected chi connectivity index (χ0v) is 13.7. The van der Waals surface area contributed by atoms with E-state index in [0.29, 0.717) is 13.2 Å². The van der Waals surface area contributed by atoms with E-state index in [0.717, 1.165) is 5.56 Å². The van der Waals surface area contributed by atoms with Crippen molar-refractivity contribution >= 4 is 5.91 Å². The van der Waals surface area contributed by atoms with Crippen molar-refractivity contribution in [2.24, 2.45) is 0 Å². The van der Waals surface area contributed by atoms with Crippen LogP contribution in [0, 0.1) is 0 Å². The van der Waals surface area contributed by atoms with E-state index in [1.54, 1.807) is 0 Å². The van der Waals surface area contributed by atoms with Gasteiger partial charge in [0.15, 0.2) is 0 Å². The number of benzene rings is 1. The predicted molar refractivity (Wildman–Crippen MR) is 84.1 cm³/mol. The smallest absolute Gasteiger partial charge is 0.245 e. The second-order valence-corrected chi connectivity index (χ2v) is 6.66. The van der Waals surface area contributed by atoms with Crippen molar-refractivity contribution in [2.45, 2.75) is 38.5 Å². The molecule has 1 heterocycles. The highest BCUT2D eigenvalue weighted by atomic mass is 16.5. The van der Waals surface area contributed by atoms with Crippen LogP contribution in [0.25, 0.3) is 0 Å². The maximum atomic E-state index is 13.1.